The van der Waals surface area contributed by atoms with Crippen molar-refractivity contribution in [3.63, 3.8) is 0 Å². The van der Waals surface area contributed by atoms with Crippen molar-refractivity contribution >= 4 is 0 Å². The highest BCUT2D eigenvalue weighted by Crippen LogP contribution is 2.24. The average molecular weight is 287 g/mol. The molecular formula is C15H17N3O3. The minimum atomic E-state index is -0.598. The summed E-state index contributed by atoms with van der Waals surface area (Å²) in [7, 11) is 0. The molecule has 2 heterocycles. The average Bonchev–Trinajstić information content (AvgIpc) is 2.49. The molecule has 1 aliphatic rings. The number of nitrogens with zero attached hydrogens (tertiary/aromatic N) is 2. The Hall–Kier alpha value is -2.50. The predicted molar refractivity (Wildman–Crippen MR) is 80.2 cm³/mol. The quantitative estimate of drug-likeness (QED) is 0.865. The van der Waals surface area contributed by atoms with E-state index in [0.717, 1.165) is 19.3 Å². The molecule has 0 spiro atoms. The summed E-state index contributed by atoms with van der Waals surface area (Å²) >= 11 is 0. The summed E-state index contributed by atoms with van der Waals surface area (Å²) in [6.45, 7) is 1.38. The van der Waals surface area contributed by atoms with Gasteiger partial charge in [0.15, 0.2) is 0 Å². The predicted octanol–water partition coefficient (Wildman–Crippen LogP) is 1.03. The second kappa shape index (κ2) is 5.47. The Morgan fingerprint density at radius 2 is 1.67 bits per heavy atom. The molecule has 1 saturated heterocycles. The SMILES string of the molecule is O=c1[nH]c(=O)n(N2CCCCC2)c(O)c1-c1ccccc1. The zero-order valence-corrected chi connectivity index (χ0v) is 11.6. The third kappa shape index (κ3) is 2.44. The Morgan fingerprint density at radius 3 is 2.33 bits per heavy atom. The summed E-state index contributed by atoms with van der Waals surface area (Å²) in [4.78, 5) is 26.4. The molecule has 1 fully saturated rings. The normalized spacial score (nSPS) is 15.1. The smallest absolute Gasteiger partial charge is 0.350 e. The van der Waals surface area contributed by atoms with E-state index in [4.69, 9.17) is 0 Å². The van der Waals surface area contributed by atoms with E-state index in [1.54, 1.807) is 29.3 Å². The summed E-state index contributed by atoms with van der Waals surface area (Å²) in [5, 5.41) is 12.2. The van der Waals surface area contributed by atoms with E-state index >= 15 is 0 Å². The third-order valence-electron chi connectivity index (χ3n) is 3.74. The first-order valence-corrected chi connectivity index (χ1v) is 7.07. The van der Waals surface area contributed by atoms with Crippen LogP contribution >= 0.6 is 0 Å². The molecule has 3 rings (SSSR count). The van der Waals surface area contributed by atoms with Crippen molar-refractivity contribution in [2.45, 2.75) is 19.3 Å². The fourth-order valence-electron chi connectivity index (χ4n) is 2.72. The molecule has 1 aromatic heterocycles. The first-order chi connectivity index (χ1) is 10.2. The van der Waals surface area contributed by atoms with Crippen LogP contribution in [0.4, 0.5) is 0 Å². The summed E-state index contributed by atoms with van der Waals surface area (Å²) in [6, 6.07) is 8.86. The molecule has 0 unspecified atom stereocenters. The molecule has 0 radical (unpaired) electrons. The topological polar surface area (TPSA) is 78.3 Å². The lowest BCUT2D eigenvalue weighted by molar-refractivity contribution is 0.371. The summed E-state index contributed by atoms with van der Waals surface area (Å²) in [5.74, 6) is -0.295. The van der Waals surface area contributed by atoms with Crippen LogP contribution in [0.3, 0.4) is 0 Å². The fourth-order valence-corrected chi connectivity index (χ4v) is 2.72. The highest BCUT2D eigenvalue weighted by molar-refractivity contribution is 5.67. The maximum atomic E-state index is 12.0. The van der Waals surface area contributed by atoms with Gasteiger partial charge in [-0.25, -0.2) is 4.79 Å². The van der Waals surface area contributed by atoms with Gasteiger partial charge in [-0.3, -0.25) is 9.78 Å². The van der Waals surface area contributed by atoms with Crippen molar-refractivity contribution in [2.75, 3.05) is 18.1 Å². The molecule has 0 saturated carbocycles. The first-order valence-electron chi connectivity index (χ1n) is 7.07. The van der Waals surface area contributed by atoms with Crippen molar-refractivity contribution < 1.29 is 5.11 Å². The Kier molecular flexibility index (Phi) is 3.51. The van der Waals surface area contributed by atoms with Gasteiger partial charge < -0.3 is 10.1 Å². The molecule has 110 valence electrons. The van der Waals surface area contributed by atoms with E-state index in [1.165, 1.54) is 4.68 Å². The molecule has 0 amide bonds. The second-order valence-electron chi connectivity index (χ2n) is 5.15. The number of hydrogen-bond acceptors (Lipinski definition) is 4. The molecular weight excluding hydrogens is 270 g/mol. The largest absolute Gasteiger partial charge is 0.493 e. The molecule has 0 aliphatic carbocycles. The number of hydrogen-bond donors (Lipinski definition) is 2. The van der Waals surface area contributed by atoms with Crippen LogP contribution in [0.2, 0.25) is 0 Å². The number of piperidine rings is 1. The van der Waals surface area contributed by atoms with Crippen molar-refractivity contribution in [1.82, 2.24) is 9.66 Å². The summed E-state index contributed by atoms with van der Waals surface area (Å²) in [5.41, 5.74) is -0.459. The van der Waals surface area contributed by atoms with Gasteiger partial charge in [0.05, 0.1) is 0 Å². The van der Waals surface area contributed by atoms with E-state index in [2.05, 4.69) is 4.98 Å². The Balaban J connectivity index is 2.18. The van der Waals surface area contributed by atoms with Crippen molar-refractivity contribution in [3.05, 3.63) is 51.2 Å². The van der Waals surface area contributed by atoms with Gasteiger partial charge in [-0.15, -0.1) is 0 Å². The minimum Gasteiger partial charge on any atom is -0.493 e. The fraction of sp³-hybridized carbons (Fsp3) is 0.333. The van der Waals surface area contributed by atoms with Gasteiger partial charge in [-0.1, -0.05) is 30.3 Å². The molecule has 0 atom stereocenters. The van der Waals surface area contributed by atoms with Gasteiger partial charge in [0.25, 0.3) is 5.56 Å². The minimum absolute atomic E-state index is 0.126. The van der Waals surface area contributed by atoms with Crippen LogP contribution in [0.5, 0.6) is 5.88 Å². The zero-order chi connectivity index (χ0) is 14.8. The van der Waals surface area contributed by atoms with E-state index in [1.807, 2.05) is 6.07 Å². The van der Waals surface area contributed by atoms with Crippen molar-refractivity contribution in [3.8, 4) is 17.0 Å². The van der Waals surface area contributed by atoms with Crippen LogP contribution in [0.15, 0.2) is 39.9 Å². The second-order valence-corrected chi connectivity index (χ2v) is 5.15. The maximum Gasteiger partial charge on any atom is 0.350 e. The van der Waals surface area contributed by atoms with Gasteiger partial charge in [-0.2, -0.15) is 4.68 Å². The van der Waals surface area contributed by atoms with E-state index in [-0.39, 0.29) is 11.4 Å². The van der Waals surface area contributed by atoms with E-state index < -0.39 is 11.2 Å². The molecule has 1 aliphatic heterocycles. The number of aromatic amines is 1. The van der Waals surface area contributed by atoms with Crippen molar-refractivity contribution in [1.29, 1.82) is 0 Å². The lowest BCUT2D eigenvalue weighted by atomic mass is 10.1. The monoisotopic (exact) mass is 287 g/mol. The number of aromatic hydroxyl groups is 1. The van der Waals surface area contributed by atoms with Crippen LogP contribution in [-0.2, 0) is 0 Å². The Labute approximate surface area is 121 Å². The van der Waals surface area contributed by atoms with Crippen LogP contribution < -0.4 is 16.3 Å². The van der Waals surface area contributed by atoms with Gasteiger partial charge in [0.2, 0.25) is 5.88 Å². The van der Waals surface area contributed by atoms with Crippen LogP contribution in [-0.4, -0.2) is 27.9 Å². The van der Waals surface area contributed by atoms with Gasteiger partial charge in [-0.05, 0) is 24.8 Å². The number of H-pyrrole nitrogens is 1. The molecule has 2 aromatic rings. The highest BCUT2D eigenvalue weighted by Gasteiger charge is 2.21. The standard InChI is InChI=1S/C15H17N3O3/c19-13-12(11-7-3-1-4-8-11)14(20)18(15(21)16-13)17-9-5-2-6-10-17/h1,3-4,7-8,20H,2,5-6,9-10H2,(H,16,19,21). The van der Waals surface area contributed by atoms with Gasteiger partial charge in [0, 0.05) is 13.1 Å². The lowest BCUT2D eigenvalue weighted by Crippen LogP contribution is -2.47. The zero-order valence-electron chi connectivity index (χ0n) is 11.6. The lowest BCUT2D eigenvalue weighted by Gasteiger charge is -2.30. The van der Waals surface area contributed by atoms with Crippen LogP contribution in [0, 0.1) is 0 Å². The maximum absolute atomic E-state index is 12.0. The van der Waals surface area contributed by atoms with Gasteiger partial charge in [0.1, 0.15) is 5.56 Å². The number of nitrogens with one attached hydrogen (secondary N) is 1. The first kappa shape index (κ1) is 13.5. The number of rotatable bonds is 2. The van der Waals surface area contributed by atoms with Gasteiger partial charge >= 0.3 is 5.69 Å². The summed E-state index contributed by atoms with van der Waals surface area (Å²) in [6.07, 6.45) is 3.04. The third-order valence-corrected chi connectivity index (χ3v) is 3.74. The van der Waals surface area contributed by atoms with E-state index in [9.17, 15) is 14.7 Å². The van der Waals surface area contributed by atoms with Crippen molar-refractivity contribution in [2.24, 2.45) is 0 Å². The Morgan fingerprint density at radius 1 is 1.00 bits per heavy atom. The number of aromatic nitrogens is 2. The Bertz CT molecular complexity index is 743. The molecule has 0 bridgehead atoms. The van der Waals surface area contributed by atoms with Crippen LogP contribution in [0.25, 0.3) is 11.1 Å². The molecule has 21 heavy (non-hydrogen) atoms. The van der Waals surface area contributed by atoms with Crippen LogP contribution in [0.1, 0.15) is 19.3 Å². The molecule has 6 nitrogen and oxygen atoms in total. The number of benzene rings is 1. The molecule has 1 aromatic carbocycles. The molecule has 2 N–H and O–H groups in total. The molecule has 6 heteroatoms. The van der Waals surface area contributed by atoms with E-state index in [0.29, 0.717) is 18.7 Å². The highest BCUT2D eigenvalue weighted by atomic mass is 16.3. The summed E-state index contributed by atoms with van der Waals surface area (Å²) < 4.78 is 1.18.